The number of anilines is 1. The molecule has 0 spiro atoms. The first-order valence-corrected chi connectivity index (χ1v) is 6.18. The number of aryl methyl sites for hydroxylation is 2. The van der Waals surface area contributed by atoms with Gasteiger partial charge in [0.05, 0.1) is 5.92 Å². The van der Waals surface area contributed by atoms with Crippen LogP contribution in [0.5, 0.6) is 0 Å². The molecule has 1 saturated heterocycles. The van der Waals surface area contributed by atoms with E-state index >= 15 is 0 Å². The lowest BCUT2D eigenvalue weighted by Gasteiger charge is -2.15. The third-order valence-corrected chi connectivity index (χ3v) is 3.57. The topological polar surface area (TPSA) is 87.5 Å². The summed E-state index contributed by atoms with van der Waals surface area (Å²) in [4.78, 5) is 24.6. The highest BCUT2D eigenvalue weighted by Crippen LogP contribution is 2.23. The number of urea groups is 1. The van der Waals surface area contributed by atoms with Gasteiger partial charge in [-0.1, -0.05) is 6.92 Å². The van der Waals surface area contributed by atoms with Crippen molar-refractivity contribution in [3.05, 3.63) is 11.8 Å². The zero-order valence-electron chi connectivity index (χ0n) is 11.3. The minimum absolute atomic E-state index is 0.0336. The fourth-order valence-electron chi connectivity index (χ4n) is 2.26. The second-order valence-electron chi connectivity index (χ2n) is 5.05. The van der Waals surface area contributed by atoms with E-state index in [1.807, 2.05) is 13.8 Å². The largest absolute Gasteiger partial charge is 0.481 e. The van der Waals surface area contributed by atoms with Crippen LogP contribution < -0.4 is 5.32 Å². The van der Waals surface area contributed by atoms with E-state index in [0.29, 0.717) is 12.4 Å². The molecule has 2 unspecified atom stereocenters. The lowest BCUT2D eigenvalue weighted by Crippen LogP contribution is -2.34. The molecule has 1 fully saturated rings. The van der Waals surface area contributed by atoms with Crippen LogP contribution in [0.2, 0.25) is 0 Å². The Morgan fingerprint density at radius 2 is 2.16 bits per heavy atom. The SMILES string of the molecule is Cc1cc(NC(=O)N2CC(C)C(C(=O)O)C2)nn1C. The molecule has 1 aliphatic rings. The predicted octanol–water partition coefficient (Wildman–Crippen LogP) is 0.913. The molecule has 19 heavy (non-hydrogen) atoms. The quantitative estimate of drug-likeness (QED) is 0.833. The molecule has 104 valence electrons. The summed E-state index contributed by atoms with van der Waals surface area (Å²) in [6.07, 6.45) is 0. The fraction of sp³-hybridized carbons (Fsp3) is 0.583. The van der Waals surface area contributed by atoms with E-state index in [1.165, 1.54) is 4.90 Å². The van der Waals surface area contributed by atoms with Gasteiger partial charge in [-0.3, -0.25) is 14.8 Å². The Bertz CT molecular complexity index is 492. The smallest absolute Gasteiger partial charge is 0.323 e. The normalized spacial score (nSPS) is 22.6. The zero-order valence-corrected chi connectivity index (χ0v) is 11.3. The molecule has 2 amide bonds. The average Bonchev–Trinajstić information content (AvgIpc) is 2.83. The van der Waals surface area contributed by atoms with Crippen LogP contribution in [0.4, 0.5) is 10.6 Å². The van der Waals surface area contributed by atoms with Crippen LogP contribution >= 0.6 is 0 Å². The van der Waals surface area contributed by atoms with Gasteiger partial charge < -0.3 is 10.0 Å². The number of nitrogens with zero attached hydrogens (tertiary/aromatic N) is 3. The van der Waals surface area contributed by atoms with Crippen LogP contribution in [0.15, 0.2) is 6.07 Å². The second kappa shape index (κ2) is 4.91. The fourth-order valence-corrected chi connectivity index (χ4v) is 2.26. The molecule has 7 heteroatoms. The Labute approximate surface area is 111 Å². The van der Waals surface area contributed by atoms with Crippen LogP contribution in [-0.2, 0) is 11.8 Å². The number of aliphatic carboxylic acids is 1. The summed E-state index contributed by atoms with van der Waals surface area (Å²) >= 11 is 0. The van der Waals surface area contributed by atoms with Crippen molar-refractivity contribution in [3.8, 4) is 0 Å². The van der Waals surface area contributed by atoms with E-state index in [-0.39, 0.29) is 18.5 Å². The van der Waals surface area contributed by atoms with Crippen molar-refractivity contribution in [1.29, 1.82) is 0 Å². The van der Waals surface area contributed by atoms with Gasteiger partial charge >= 0.3 is 12.0 Å². The van der Waals surface area contributed by atoms with Crippen molar-refractivity contribution in [3.63, 3.8) is 0 Å². The Morgan fingerprint density at radius 3 is 2.63 bits per heavy atom. The summed E-state index contributed by atoms with van der Waals surface area (Å²) in [6, 6.07) is 1.47. The summed E-state index contributed by atoms with van der Waals surface area (Å²) in [6.45, 7) is 4.43. The maximum Gasteiger partial charge on any atom is 0.323 e. The summed E-state index contributed by atoms with van der Waals surface area (Å²) in [5.74, 6) is -0.891. The molecule has 0 aliphatic carbocycles. The lowest BCUT2D eigenvalue weighted by atomic mass is 9.99. The van der Waals surface area contributed by atoms with Crippen molar-refractivity contribution in [2.45, 2.75) is 13.8 Å². The number of carboxylic acids is 1. The van der Waals surface area contributed by atoms with E-state index in [4.69, 9.17) is 5.11 Å². The number of hydrogen-bond acceptors (Lipinski definition) is 3. The third kappa shape index (κ3) is 2.69. The van der Waals surface area contributed by atoms with Crippen molar-refractivity contribution < 1.29 is 14.7 Å². The molecule has 0 saturated carbocycles. The molecule has 1 aromatic rings. The van der Waals surface area contributed by atoms with Crippen molar-refractivity contribution in [2.24, 2.45) is 18.9 Å². The van der Waals surface area contributed by atoms with Gasteiger partial charge in [-0.15, -0.1) is 0 Å². The molecule has 1 aliphatic heterocycles. The minimum atomic E-state index is -0.850. The number of carboxylic acid groups (broad SMARTS) is 1. The summed E-state index contributed by atoms with van der Waals surface area (Å²) in [5.41, 5.74) is 0.938. The first kappa shape index (κ1) is 13.4. The molecular weight excluding hydrogens is 248 g/mol. The van der Waals surface area contributed by atoms with E-state index in [9.17, 15) is 9.59 Å². The number of likely N-dealkylation sites (tertiary alicyclic amines) is 1. The Hall–Kier alpha value is -2.05. The number of rotatable bonds is 2. The average molecular weight is 266 g/mol. The van der Waals surface area contributed by atoms with Gasteiger partial charge in [-0.05, 0) is 12.8 Å². The highest BCUT2D eigenvalue weighted by molar-refractivity contribution is 5.89. The maximum atomic E-state index is 12.0. The number of nitrogens with one attached hydrogen (secondary N) is 1. The van der Waals surface area contributed by atoms with E-state index in [0.717, 1.165) is 5.69 Å². The van der Waals surface area contributed by atoms with Crippen molar-refractivity contribution in [2.75, 3.05) is 18.4 Å². The number of aromatic nitrogens is 2. The second-order valence-corrected chi connectivity index (χ2v) is 5.05. The number of carbonyl (C=O) groups excluding carboxylic acids is 1. The van der Waals surface area contributed by atoms with Crippen molar-refractivity contribution >= 4 is 17.8 Å². The van der Waals surface area contributed by atoms with Gasteiger partial charge in [-0.25, -0.2) is 4.79 Å². The van der Waals surface area contributed by atoms with Gasteiger partial charge in [0, 0.05) is 31.9 Å². The molecule has 0 aromatic carbocycles. The standard InChI is InChI=1S/C12H18N4O3/c1-7-5-16(6-9(7)11(17)18)12(19)13-10-4-8(2)15(3)14-10/h4,7,9H,5-6H2,1-3H3,(H,17,18)(H,13,14,19). The van der Waals surface area contributed by atoms with Gasteiger partial charge in [0.25, 0.3) is 0 Å². The highest BCUT2D eigenvalue weighted by atomic mass is 16.4. The molecular formula is C12H18N4O3. The molecule has 1 aromatic heterocycles. The first-order chi connectivity index (χ1) is 8.88. The molecule has 2 rings (SSSR count). The molecule has 2 N–H and O–H groups in total. The molecule has 0 bridgehead atoms. The van der Waals surface area contributed by atoms with Crippen LogP contribution in [-0.4, -0.2) is 44.9 Å². The molecule has 2 atom stereocenters. The highest BCUT2D eigenvalue weighted by Gasteiger charge is 2.37. The lowest BCUT2D eigenvalue weighted by molar-refractivity contribution is -0.142. The Balaban J connectivity index is 2.00. The van der Waals surface area contributed by atoms with Gasteiger partial charge in [0.2, 0.25) is 0 Å². The molecule has 7 nitrogen and oxygen atoms in total. The summed E-state index contributed by atoms with van der Waals surface area (Å²) in [5, 5.41) is 15.9. The van der Waals surface area contributed by atoms with Gasteiger partial charge in [-0.2, -0.15) is 5.10 Å². The monoisotopic (exact) mass is 266 g/mol. The number of amides is 2. The van der Waals surface area contributed by atoms with Gasteiger partial charge in [0.15, 0.2) is 5.82 Å². The van der Waals surface area contributed by atoms with Crippen LogP contribution in [0.25, 0.3) is 0 Å². The third-order valence-electron chi connectivity index (χ3n) is 3.57. The van der Waals surface area contributed by atoms with E-state index in [2.05, 4.69) is 10.4 Å². The van der Waals surface area contributed by atoms with Crippen molar-refractivity contribution in [1.82, 2.24) is 14.7 Å². The first-order valence-electron chi connectivity index (χ1n) is 6.18. The summed E-state index contributed by atoms with van der Waals surface area (Å²) < 4.78 is 1.67. The van der Waals surface area contributed by atoms with Crippen LogP contribution in [0.1, 0.15) is 12.6 Å². The van der Waals surface area contributed by atoms with E-state index < -0.39 is 11.9 Å². The zero-order chi connectivity index (χ0) is 14.2. The van der Waals surface area contributed by atoms with Crippen LogP contribution in [0.3, 0.4) is 0 Å². The van der Waals surface area contributed by atoms with Gasteiger partial charge in [0.1, 0.15) is 0 Å². The van der Waals surface area contributed by atoms with Crippen LogP contribution in [0, 0.1) is 18.8 Å². The predicted molar refractivity (Wildman–Crippen MR) is 68.8 cm³/mol. The Morgan fingerprint density at radius 1 is 1.47 bits per heavy atom. The number of carbonyl (C=O) groups is 2. The molecule has 2 heterocycles. The summed E-state index contributed by atoms with van der Waals surface area (Å²) in [7, 11) is 1.80. The van der Waals surface area contributed by atoms with E-state index in [1.54, 1.807) is 17.8 Å². The maximum absolute atomic E-state index is 12.0. The number of hydrogen-bond donors (Lipinski definition) is 2. The molecule has 0 radical (unpaired) electrons. The Kier molecular flexibility index (Phi) is 3.46. The minimum Gasteiger partial charge on any atom is -0.481 e.